The number of hydrogen-bond donors (Lipinski definition) is 2. The average molecular weight is 350 g/mol. The number of carboxylic acids is 1. The average Bonchev–Trinajstić information content (AvgIpc) is 2.59. The van der Waals surface area contributed by atoms with Crippen LogP contribution in [0.1, 0.15) is 23.2 Å². The number of terminal acetylenes is 1. The quantitative estimate of drug-likeness (QED) is 0.754. The largest absolute Gasteiger partial charge is 0.481 e. The van der Waals surface area contributed by atoms with Crippen LogP contribution in [0, 0.1) is 18.3 Å². The maximum absolute atomic E-state index is 12.5. The molecule has 0 atom stereocenters. The Morgan fingerprint density at radius 1 is 1.33 bits per heavy atom. The van der Waals surface area contributed by atoms with Gasteiger partial charge in [-0.2, -0.15) is 4.72 Å². The van der Waals surface area contributed by atoms with E-state index >= 15 is 0 Å². The summed E-state index contributed by atoms with van der Waals surface area (Å²) < 4.78 is 26.4. The van der Waals surface area contributed by atoms with E-state index in [1.807, 2.05) is 0 Å². The van der Waals surface area contributed by atoms with Crippen LogP contribution in [-0.4, -0.2) is 49.9 Å². The van der Waals surface area contributed by atoms with Crippen molar-refractivity contribution in [2.24, 2.45) is 5.92 Å². The molecule has 7 nitrogen and oxygen atoms in total. The highest BCUT2D eigenvalue weighted by atomic mass is 32.2. The van der Waals surface area contributed by atoms with E-state index in [1.165, 1.54) is 24.3 Å². The number of aliphatic carboxylic acids is 1. The monoisotopic (exact) mass is 350 g/mol. The first kappa shape index (κ1) is 18.0. The second-order valence-electron chi connectivity index (χ2n) is 5.46. The number of benzene rings is 1. The lowest BCUT2D eigenvalue weighted by molar-refractivity contribution is -0.143. The molecule has 0 saturated carbocycles. The third-order valence-electron chi connectivity index (χ3n) is 3.89. The summed E-state index contributed by atoms with van der Waals surface area (Å²) in [6.45, 7) is 0.535. The van der Waals surface area contributed by atoms with Gasteiger partial charge in [0.15, 0.2) is 0 Å². The molecule has 1 aromatic carbocycles. The van der Waals surface area contributed by atoms with Crippen LogP contribution in [0.15, 0.2) is 29.2 Å². The number of nitrogens with zero attached hydrogens (tertiary/aromatic N) is 1. The Kier molecular flexibility index (Phi) is 5.59. The predicted octanol–water partition coefficient (Wildman–Crippen LogP) is 0.535. The van der Waals surface area contributed by atoms with E-state index in [0.717, 1.165) is 0 Å². The fourth-order valence-corrected chi connectivity index (χ4v) is 3.51. The minimum Gasteiger partial charge on any atom is -0.481 e. The number of carboxylic acid groups (broad SMARTS) is 1. The van der Waals surface area contributed by atoms with Crippen molar-refractivity contribution in [3.05, 3.63) is 29.8 Å². The standard InChI is InChI=1S/C16H18N2O5S/c1-2-8-17-24(22,23)14-5-3-4-13(11-14)15(19)18-9-6-12(7-10-18)16(20)21/h1,3-5,11-12,17H,6-10H2,(H,20,21). The van der Waals surface area contributed by atoms with Gasteiger partial charge >= 0.3 is 5.97 Å². The van der Waals surface area contributed by atoms with E-state index in [9.17, 15) is 18.0 Å². The highest BCUT2D eigenvalue weighted by Crippen LogP contribution is 2.20. The molecule has 8 heteroatoms. The van der Waals surface area contributed by atoms with E-state index in [2.05, 4.69) is 10.6 Å². The molecule has 1 fully saturated rings. The molecule has 128 valence electrons. The van der Waals surface area contributed by atoms with Crippen molar-refractivity contribution in [3.8, 4) is 12.3 Å². The molecule has 1 amide bonds. The fourth-order valence-electron chi connectivity index (χ4n) is 2.53. The summed E-state index contributed by atoms with van der Waals surface area (Å²) in [5, 5.41) is 8.99. The summed E-state index contributed by atoms with van der Waals surface area (Å²) in [6.07, 6.45) is 5.83. The zero-order valence-corrected chi connectivity index (χ0v) is 13.8. The van der Waals surface area contributed by atoms with E-state index in [1.54, 1.807) is 4.90 Å². The Bertz CT molecular complexity index is 774. The van der Waals surface area contributed by atoms with Crippen LogP contribution in [0.2, 0.25) is 0 Å². The highest BCUT2D eigenvalue weighted by Gasteiger charge is 2.28. The lowest BCUT2D eigenvalue weighted by Gasteiger charge is -2.30. The Morgan fingerprint density at radius 3 is 2.58 bits per heavy atom. The second kappa shape index (κ2) is 7.47. The van der Waals surface area contributed by atoms with E-state index < -0.39 is 21.9 Å². The number of nitrogens with one attached hydrogen (secondary N) is 1. The molecule has 2 rings (SSSR count). The fraction of sp³-hybridized carbons (Fsp3) is 0.375. The molecule has 0 spiro atoms. The van der Waals surface area contributed by atoms with E-state index in [4.69, 9.17) is 11.5 Å². The molecule has 0 radical (unpaired) electrons. The van der Waals surface area contributed by atoms with Crippen molar-refractivity contribution >= 4 is 21.9 Å². The molecule has 24 heavy (non-hydrogen) atoms. The van der Waals surface area contributed by atoms with Crippen LogP contribution in [0.4, 0.5) is 0 Å². The highest BCUT2D eigenvalue weighted by molar-refractivity contribution is 7.89. The Labute approximate surface area is 140 Å². The second-order valence-corrected chi connectivity index (χ2v) is 7.23. The smallest absolute Gasteiger partial charge is 0.306 e. The van der Waals surface area contributed by atoms with Crippen LogP contribution in [0.5, 0.6) is 0 Å². The first-order valence-electron chi connectivity index (χ1n) is 7.40. The summed E-state index contributed by atoms with van der Waals surface area (Å²) >= 11 is 0. The maximum atomic E-state index is 12.5. The van der Waals surface area contributed by atoms with Gasteiger partial charge < -0.3 is 10.0 Å². The van der Waals surface area contributed by atoms with Gasteiger partial charge in [0.05, 0.1) is 17.4 Å². The molecule has 0 unspecified atom stereocenters. The van der Waals surface area contributed by atoms with Gasteiger partial charge in [-0.15, -0.1) is 6.42 Å². The summed E-state index contributed by atoms with van der Waals surface area (Å²) in [5.41, 5.74) is 0.243. The van der Waals surface area contributed by atoms with Crippen LogP contribution >= 0.6 is 0 Å². The number of likely N-dealkylation sites (tertiary alicyclic amines) is 1. The number of piperidine rings is 1. The summed E-state index contributed by atoms with van der Waals surface area (Å²) in [5.74, 6) is 0.582. The first-order chi connectivity index (χ1) is 11.3. The van der Waals surface area contributed by atoms with Crippen molar-refractivity contribution in [1.29, 1.82) is 0 Å². The topological polar surface area (TPSA) is 104 Å². The number of carbonyl (C=O) groups excluding carboxylic acids is 1. The number of rotatable bonds is 5. The molecule has 1 heterocycles. The lowest BCUT2D eigenvalue weighted by atomic mass is 9.96. The molecular formula is C16H18N2O5S. The predicted molar refractivity (Wildman–Crippen MR) is 86.7 cm³/mol. The molecule has 2 N–H and O–H groups in total. The van der Waals surface area contributed by atoms with Crippen LogP contribution < -0.4 is 4.72 Å². The Balaban J connectivity index is 2.13. The third kappa shape index (κ3) is 4.13. The van der Waals surface area contributed by atoms with Crippen molar-refractivity contribution in [3.63, 3.8) is 0 Å². The molecule has 1 saturated heterocycles. The Morgan fingerprint density at radius 2 is 2.00 bits per heavy atom. The van der Waals surface area contributed by atoms with Gasteiger partial charge in [0.2, 0.25) is 10.0 Å². The maximum Gasteiger partial charge on any atom is 0.306 e. The van der Waals surface area contributed by atoms with Gasteiger partial charge in [0.25, 0.3) is 5.91 Å². The van der Waals surface area contributed by atoms with E-state index in [0.29, 0.717) is 25.9 Å². The van der Waals surface area contributed by atoms with Crippen molar-refractivity contribution < 1.29 is 23.1 Å². The third-order valence-corrected chi connectivity index (χ3v) is 5.29. The summed E-state index contributed by atoms with van der Waals surface area (Å²) in [4.78, 5) is 25.0. The summed E-state index contributed by atoms with van der Waals surface area (Å²) in [7, 11) is -3.77. The molecule has 1 aromatic rings. The number of carbonyl (C=O) groups is 2. The molecule has 1 aliphatic rings. The molecule has 0 bridgehead atoms. The minimum atomic E-state index is -3.77. The van der Waals surface area contributed by atoms with Crippen molar-refractivity contribution in [2.45, 2.75) is 17.7 Å². The number of hydrogen-bond acceptors (Lipinski definition) is 4. The van der Waals surface area contributed by atoms with Gasteiger partial charge in [-0.25, -0.2) is 8.42 Å². The normalized spacial score (nSPS) is 15.7. The first-order valence-corrected chi connectivity index (χ1v) is 8.88. The van der Waals surface area contributed by atoms with Crippen LogP contribution in [0.3, 0.4) is 0 Å². The lowest BCUT2D eigenvalue weighted by Crippen LogP contribution is -2.40. The summed E-state index contributed by atoms with van der Waals surface area (Å²) in [6, 6.07) is 5.70. The van der Waals surface area contributed by atoms with Gasteiger partial charge in [0, 0.05) is 18.7 Å². The molecule has 0 aliphatic carbocycles. The zero-order chi connectivity index (χ0) is 17.7. The van der Waals surface area contributed by atoms with Crippen LogP contribution in [-0.2, 0) is 14.8 Å². The Hall–Kier alpha value is -2.37. The number of sulfonamides is 1. The SMILES string of the molecule is C#CCNS(=O)(=O)c1cccc(C(=O)N2CCC(C(=O)O)CC2)c1. The van der Waals surface area contributed by atoms with Crippen LogP contribution in [0.25, 0.3) is 0 Å². The molecule has 0 aromatic heterocycles. The molecule has 1 aliphatic heterocycles. The zero-order valence-electron chi connectivity index (χ0n) is 12.9. The van der Waals surface area contributed by atoms with Crippen molar-refractivity contribution in [1.82, 2.24) is 9.62 Å². The molecular weight excluding hydrogens is 332 g/mol. The van der Waals surface area contributed by atoms with E-state index in [-0.39, 0.29) is 22.9 Å². The van der Waals surface area contributed by atoms with Gasteiger partial charge in [-0.1, -0.05) is 12.0 Å². The number of amides is 1. The van der Waals surface area contributed by atoms with Gasteiger partial charge in [0.1, 0.15) is 0 Å². The van der Waals surface area contributed by atoms with Gasteiger partial charge in [-0.3, -0.25) is 9.59 Å². The van der Waals surface area contributed by atoms with Crippen molar-refractivity contribution in [2.75, 3.05) is 19.6 Å². The van der Waals surface area contributed by atoms with Gasteiger partial charge in [-0.05, 0) is 31.0 Å². The minimum absolute atomic E-state index is 0.0379.